The predicted molar refractivity (Wildman–Crippen MR) is 95.7 cm³/mol. The Morgan fingerprint density at radius 1 is 1.30 bits per heavy atom. The highest BCUT2D eigenvalue weighted by Crippen LogP contribution is 2.06. The zero-order valence-electron chi connectivity index (χ0n) is 13.0. The third-order valence-electron chi connectivity index (χ3n) is 2.98. The zero-order valence-corrected chi connectivity index (χ0v) is 15.3. The van der Waals surface area contributed by atoms with Crippen molar-refractivity contribution >= 4 is 29.9 Å². The smallest absolute Gasteiger partial charge is 0.191 e. The molecule has 1 unspecified atom stereocenters. The highest BCUT2D eigenvalue weighted by atomic mass is 127. The molecule has 2 N–H and O–H groups in total. The molecule has 1 aromatic rings. The normalized spacial score (nSPS) is 12.9. The number of guanidine groups is 1. The van der Waals surface area contributed by atoms with Crippen LogP contribution in [0.5, 0.6) is 0 Å². The molecule has 1 aromatic heterocycles. The lowest BCUT2D eigenvalue weighted by Gasteiger charge is -2.18. The van der Waals surface area contributed by atoms with Crippen LogP contribution in [0.3, 0.4) is 0 Å². The number of hydrogen-bond acceptors (Lipinski definition) is 2. The van der Waals surface area contributed by atoms with Crippen LogP contribution in [-0.2, 0) is 6.54 Å². The molecule has 0 saturated heterocycles. The van der Waals surface area contributed by atoms with E-state index in [0.717, 1.165) is 31.4 Å². The highest BCUT2D eigenvalue weighted by molar-refractivity contribution is 14.0. The molecular weight excluding hydrogens is 365 g/mol. The molecule has 0 aliphatic heterocycles. The van der Waals surface area contributed by atoms with Gasteiger partial charge in [0.1, 0.15) is 0 Å². The van der Waals surface area contributed by atoms with E-state index in [-0.39, 0.29) is 24.0 Å². The first-order chi connectivity index (χ1) is 9.11. The minimum atomic E-state index is 0. The summed E-state index contributed by atoms with van der Waals surface area (Å²) in [5.41, 5.74) is 0. The second kappa shape index (κ2) is 10.9. The van der Waals surface area contributed by atoms with Crippen LogP contribution < -0.4 is 10.6 Å². The molecule has 1 heterocycles. The summed E-state index contributed by atoms with van der Waals surface area (Å²) in [6, 6.07) is 2.37. The third kappa shape index (κ3) is 8.39. The van der Waals surface area contributed by atoms with Crippen LogP contribution in [0.1, 0.15) is 33.6 Å². The van der Waals surface area contributed by atoms with Crippen LogP contribution in [0.15, 0.2) is 23.5 Å². The first kappa shape index (κ1) is 19.2. The number of halogens is 1. The van der Waals surface area contributed by atoms with Gasteiger partial charge in [-0.2, -0.15) is 5.10 Å². The maximum absolute atomic E-state index is 4.24. The molecule has 6 heteroatoms. The Balaban J connectivity index is 0.00000361. The van der Waals surface area contributed by atoms with Crippen LogP contribution in [0.25, 0.3) is 0 Å². The number of rotatable bonds is 7. The summed E-state index contributed by atoms with van der Waals surface area (Å²) in [5.74, 6) is 1.61. The average Bonchev–Trinajstić information content (AvgIpc) is 2.88. The summed E-state index contributed by atoms with van der Waals surface area (Å²) in [6.07, 6.45) is 6.15. The number of nitrogens with one attached hydrogen (secondary N) is 2. The number of aromatic nitrogens is 2. The van der Waals surface area contributed by atoms with Crippen molar-refractivity contribution in [3.05, 3.63) is 18.5 Å². The van der Waals surface area contributed by atoms with Gasteiger partial charge in [-0.15, -0.1) is 24.0 Å². The molecule has 0 bridgehead atoms. The average molecular weight is 393 g/mol. The molecule has 0 aliphatic rings. The van der Waals surface area contributed by atoms with E-state index in [1.54, 1.807) is 13.2 Å². The lowest BCUT2D eigenvalue weighted by atomic mass is 10.0. The van der Waals surface area contributed by atoms with E-state index in [1.165, 1.54) is 6.42 Å². The first-order valence-corrected chi connectivity index (χ1v) is 7.06. The summed E-state index contributed by atoms with van der Waals surface area (Å²) in [6.45, 7) is 8.36. The third-order valence-corrected chi connectivity index (χ3v) is 2.98. The zero-order chi connectivity index (χ0) is 14.1. The van der Waals surface area contributed by atoms with Gasteiger partial charge in [-0.1, -0.05) is 13.8 Å². The second-order valence-corrected chi connectivity index (χ2v) is 5.28. The van der Waals surface area contributed by atoms with Crippen molar-refractivity contribution in [1.82, 2.24) is 20.4 Å². The Kier molecular flexibility index (Phi) is 10.5. The van der Waals surface area contributed by atoms with E-state index < -0.39 is 0 Å². The molecule has 0 spiro atoms. The van der Waals surface area contributed by atoms with Crippen LogP contribution in [0.4, 0.5) is 0 Å². The monoisotopic (exact) mass is 393 g/mol. The topological polar surface area (TPSA) is 54.2 Å². The molecular formula is C14H28IN5. The predicted octanol–water partition coefficient (Wildman–Crippen LogP) is 2.49. The quantitative estimate of drug-likeness (QED) is 0.425. The molecule has 0 saturated carbocycles. The number of aliphatic imine (C=N–C) groups is 1. The highest BCUT2D eigenvalue weighted by Gasteiger charge is 2.05. The second-order valence-electron chi connectivity index (χ2n) is 5.28. The van der Waals surface area contributed by atoms with Gasteiger partial charge in [-0.05, 0) is 31.7 Å². The summed E-state index contributed by atoms with van der Waals surface area (Å²) in [4.78, 5) is 4.24. The number of hydrogen-bond donors (Lipinski definition) is 2. The molecule has 0 amide bonds. The van der Waals surface area contributed by atoms with Gasteiger partial charge in [0.2, 0.25) is 0 Å². The molecule has 0 fully saturated rings. The van der Waals surface area contributed by atoms with E-state index >= 15 is 0 Å². The van der Waals surface area contributed by atoms with Crippen LogP contribution in [0.2, 0.25) is 0 Å². The fourth-order valence-corrected chi connectivity index (χ4v) is 1.81. The van der Waals surface area contributed by atoms with E-state index in [1.807, 2.05) is 16.9 Å². The first-order valence-electron chi connectivity index (χ1n) is 7.06. The van der Waals surface area contributed by atoms with Gasteiger partial charge in [-0.3, -0.25) is 9.67 Å². The van der Waals surface area contributed by atoms with E-state index in [9.17, 15) is 0 Å². The van der Waals surface area contributed by atoms with E-state index in [0.29, 0.717) is 6.04 Å². The number of nitrogens with zero attached hydrogens (tertiary/aromatic N) is 3. The van der Waals surface area contributed by atoms with Crippen LogP contribution in [0, 0.1) is 5.92 Å². The van der Waals surface area contributed by atoms with Crippen molar-refractivity contribution in [2.45, 2.75) is 46.2 Å². The van der Waals surface area contributed by atoms with Gasteiger partial charge in [-0.25, -0.2) is 0 Å². The molecule has 116 valence electrons. The fraction of sp³-hybridized carbons (Fsp3) is 0.714. The van der Waals surface area contributed by atoms with E-state index in [2.05, 4.69) is 41.5 Å². The Bertz CT molecular complexity index is 362. The van der Waals surface area contributed by atoms with Crippen molar-refractivity contribution in [3.63, 3.8) is 0 Å². The summed E-state index contributed by atoms with van der Waals surface area (Å²) < 4.78 is 1.91. The Morgan fingerprint density at radius 2 is 2.05 bits per heavy atom. The van der Waals surface area contributed by atoms with Crippen molar-refractivity contribution in [3.8, 4) is 0 Å². The molecule has 0 aliphatic carbocycles. The van der Waals surface area contributed by atoms with Gasteiger partial charge in [0.05, 0.1) is 6.54 Å². The van der Waals surface area contributed by atoms with Crippen molar-refractivity contribution in [2.24, 2.45) is 10.9 Å². The van der Waals surface area contributed by atoms with Gasteiger partial charge in [0.15, 0.2) is 5.96 Å². The fourth-order valence-electron chi connectivity index (χ4n) is 1.81. The van der Waals surface area contributed by atoms with Crippen molar-refractivity contribution < 1.29 is 0 Å². The molecule has 1 rings (SSSR count). The van der Waals surface area contributed by atoms with E-state index in [4.69, 9.17) is 0 Å². The SMILES string of the molecule is CN=C(NCCn1cccn1)NC(C)CCC(C)C.I. The van der Waals surface area contributed by atoms with Crippen molar-refractivity contribution in [2.75, 3.05) is 13.6 Å². The molecule has 0 radical (unpaired) electrons. The summed E-state index contributed by atoms with van der Waals surface area (Å²) in [7, 11) is 1.80. The van der Waals surface area contributed by atoms with Crippen LogP contribution in [-0.4, -0.2) is 35.4 Å². The summed E-state index contributed by atoms with van der Waals surface area (Å²) in [5, 5.41) is 10.9. The maximum atomic E-state index is 4.24. The molecule has 1 atom stereocenters. The van der Waals surface area contributed by atoms with Gasteiger partial charge in [0, 0.05) is 32.0 Å². The standard InChI is InChI=1S/C14H27N5.HI/c1-12(2)6-7-13(3)18-14(15-4)16-9-11-19-10-5-8-17-19;/h5,8,10,12-13H,6-7,9,11H2,1-4H3,(H2,15,16,18);1H. The minimum Gasteiger partial charge on any atom is -0.355 e. The maximum Gasteiger partial charge on any atom is 0.191 e. The largest absolute Gasteiger partial charge is 0.355 e. The molecule has 5 nitrogen and oxygen atoms in total. The summed E-state index contributed by atoms with van der Waals surface area (Å²) >= 11 is 0. The Labute approximate surface area is 139 Å². The van der Waals surface area contributed by atoms with Gasteiger partial charge in [0.25, 0.3) is 0 Å². The molecule has 0 aromatic carbocycles. The Hall–Kier alpha value is -0.790. The van der Waals surface area contributed by atoms with Gasteiger partial charge >= 0.3 is 0 Å². The minimum absolute atomic E-state index is 0. The van der Waals surface area contributed by atoms with Gasteiger partial charge < -0.3 is 10.6 Å². The Morgan fingerprint density at radius 3 is 2.60 bits per heavy atom. The van der Waals surface area contributed by atoms with Crippen LogP contribution >= 0.6 is 24.0 Å². The lowest BCUT2D eigenvalue weighted by molar-refractivity contribution is 0.487. The van der Waals surface area contributed by atoms with Crippen molar-refractivity contribution in [1.29, 1.82) is 0 Å². The molecule has 20 heavy (non-hydrogen) atoms. The lowest BCUT2D eigenvalue weighted by Crippen LogP contribution is -2.43.